The molecule has 2 amide bonds. The number of methoxy groups -OCH3 is 2. The Hall–Kier alpha value is -4.38. The number of hydrogen-bond donors (Lipinski definition) is 0. The predicted molar refractivity (Wildman–Crippen MR) is 137 cm³/mol. The van der Waals surface area contributed by atoms with Crippen molar-refractivity contribution in [2.24, 2.45) is 7.05 Å². The molecule has 1 aliphatic rings. The van der Waals surface area contributed by atoms with Crippen LogP contribution in [-0.4, -0.2) is 40.0 Å². The molecular weight excluding hydrogens is 494 g/mol. The van der Waals surface area contributed by atoms with E-state index in [-0.39, 0.29) is 31.0 Å². The zero-order valence-corrected chi connectivity index (χ0v) is 21.4. The first-order valence-corrected chi connectivity index (χ1v) is 11.8. The van der Waals surface area contributed by atoms with Crippen molar-refractivity contribution in [1.29, 1.82) is 0 Å². The van der Waals surface area contributed by atoms with Crippen LogP contribution in [-0.2, 0) is 31.5 Å². The Labute approximate surface area is 218 Å². The number of nitrogens with zero attached hydrogens (tertiary/aromatic N) is 6. The Kier molecular flexibility index (Phi) is 6.77. The van der Waals surface area contributed by atoms with Crippen molar-refractivity contribution in [2.75, 3.05) is 24.0 Å². The molecule has 0 fully saturated rings. The van der Waals surface area contributed by atoms with Crippen LogP contribution in [0, 0.1) is 18.6 Å². The number of aromatic nitrogens is 4. The maximum atomic E-state index is 15.6. The fraction of sp³-hybridized carbons (Fsp3) is 0.259. The first-order valence-electron chi connectivity index (χ1n) is 11.8. The van der Waals surface area contributed by atoms with E-state index in [2.05, 4.69) is 15.1 Å². The molecule has 11 heteroatoms. The van der Waals surface area contributed by atoms with E-state index in [1.165, 1.54) is 25.2 Å². The number of pyridine rings is 2. The summed E-state index contributed by atoms with van der Waals surface area (Å²) in [6, 6.07) is 6.01. The van der Waals surface area contributed by atoms with E-state index in [4.69, 9.17) is 9.47 Å². The molecule has 0 aliphatic carbocycles. The summed E-state index contributed by atoms with van der Waals surface area (Å²) >= 11 is 0. The van der Waals surface area contributed by atoms with Gasteiger partial charge in [-0.2, -0.15) is 5.10 Å². The Bertz CT molecular complexity index is 1510. The Balaban J connectivity index is 1.66. The third-order valence-corrected chi connectivity index (χ3v) is 6.43. The summed E-state index contributed by atoms with van der Waals surface area (Å²) in [5.74, 6) is -2.05. The zero-order valence-electron chi connectivity index (χ0n) is 21.4. The third kappa shape index (κ3) is 4.45. The normalized spacial score (nSPS) is 13.2. The highest BCUT2D eigenvalue weighted by atomic mass is 19.1. The molecule has 0 spiro atoms. The van der Waals surface area contributed by atoms with Crippen LogP contribution in [0.3, 0.4) is 0 Å². The van der Waals surface area contributed by atoms with Gasteiger partial charge in [0.2, 0.25) is 0 Å². The average molecular weight is 521 g/mol. The summed E-state index contributed by atoms with van der Waals surface area (Å²) in [6.45, 7) is 1.82. The highest BCUT2D eigenvalue weighted by molar-refractivity contribution is 6.06. The van der Waals surface area contributed by atoms with Gasteiger partial charge in [-0.05, 0) is 36.8 Å². The summed E-state index contributed by atoms with van der Waals surface area (Å²) in [5.41, 5.74) is 3.83. The Morgan fingerprint density at radius 2 is 1.87 bits per heavy atom. The molecule has 0 N–H and O–H groups in total. The molecule has 38 heavy (non-hydrogen) atoms. The van der Waals surface area contributed by atoms with Gasteiger partial charge in [0.1, 0.15) is 5.69 Å². The van der Waals surface area contributed by atoms with E-state index in [9.17, 15) is 4.79 Å². The molecule has 0 radical (unpaired) electrons. The first-order chi connectivity index (χ1) is 18.3. The Morgan fingerprint density at radius 3 is 2.53 bits per heavy atom. The minimum Gasteiger partial charge on any atom is -0.494 e. The fourth-order valence-electron chi connectivity index (χ4n) is 4.63. The maximum Gasteiger partial charge on any atom is 0.329 e. The number of carbonyl (C=O) groups is 1. The van der Waals surface area contributed by atoms with Gasteiger partial charge in [0, 0.05) is 55.6 Å². The van der Waals surface area contributed by atoms with Crippen LogP contribution in [0.2, 0.25) is 0 Å². The smallest absolute Gasteiger partial charge is 0.329 e. The summed E-state index contributed by atoms with van der Waals surface area (Å²) in [5, 5.41) is 4.39. The first kappa shape index (κ1) is 25.3. The molecule has 0 atom stereocenters. The molecule has 196 valence electrons. The van der Waals surface area contributed by atoms with Gasteiger partial charge >= 0.3 is 6.03 Å². The third-order valence-electron chi connectivity index (χ3n) is 6.43. The van der Waals surface area contributed by atoms with Crippen LogP contribution < -0.4 is 14.5 Å². The molecule has 0 saturated carbocycles. The van der Waals surface area contributed by atoms with Gasteiger partial charge in [-0.15, -0.1) is 0 Å². The lowest BCUT2D eigenvalue weighted by Gasteiger charge is -2.37. The van der Waals surface area contributed by atoms with E-state index in [0.29, 0.717) is 16.9 Å². The molecule has 0 saturated heterocycles. The number of hydrogen-bond acceptors (Lipinski definition) is 6. The molecular formula is C27H26F2N6O3. The number of carbonyl (C=O) groups excluding carboxylic acids is 1. The molecule has 0 bridgehead atoms. The van der Waals surface area contributed by atoms with Gasteiger partial charge in [-0.1, -0.05) is 0 Å². The van der Waals surface area contributed by atoms with Gasteiger partial charge in [-0.3, -0.25) is 24.4 Å². The number of amides is 2. The molecule has 1 aliphatic heterocycles. The van der Waals surface area contributed by atoms with Crippen molar-refractivity contribution >= 4 is 17.4 Å². The number of rotatable bonds is 7. The van der Waals surface area contributed by atoms with Gasteiger partial charge in [-0.25, -0.2) is 13.6 Å². The van der Waals surface area contributed by atoms with Gasteiger partial charge in [0.25, 0.3) is 0 Å². The van der Waals surface area contributed by atoms with Crippen LogP contribution in [0.4, 0.5) is 25.0 Å². The number of ether oxygens (including phenoxy) is 2. The number of urea groups is 1. The summed E-state index contributed by atoms with van der Waals surface area (Å²) in [7, 11) is 4.51. The molecule has 9 nitrogen and oxygen atoms in total. The minimum atomic E-state index is -0.971. The van der Waals surface area contributed by atoms with Crippen molar-refractivity contribution in [3.05, 3.63) is 83.1 Å². The lowest BCUT2D eigenvalue weighted by Crippen LogP contribution is -2.47. The number of anilines is 2. The predicted octanol–water partition coefficient (Wildman–Crippen LogP) is 4.77. The Morgan fingerprint density at radius 1 is 1.11 bits per heavy atom. The van der Waals surface area contributed by atoms with E-state index in [1.54, 1.807) is 35.4 Å². The SMILES string of the molecule is COCc1cc(OC)c(F)c(N2Cc3cnc(-c4cn(C)nc4C)cc3N(Cc3ccncc3)C2=O)c1F. The quantitative estimate of drug-likeness (QED) is 0.349. The highest BCUT2D eigenvalue weighted by Crippen LogP contribution is 2.40. The maximum absolute atomic E-state index is 15.6. The summed E-state index contributed by atoms with van der Waals surface area (Å²) in [4.78, 5) is 25.2. The van der Waals surface area contributed by atoms with Crippen LogP contribution in [0.25, 0.3) is 11.3 Å². The number of benzene rings is 1. The molecule has 3 aromatic heterocycles. The number of halogens is 2. The lowest BCUT2D eigenvalue weighted by atomic mass is 10.0. The summed E-state index contributed by atoms with van der Waals surface area (Å²) < 4.78 is 43.1. The highest BCUT2D eigenvalue weighted by Gasteiger charge is 2.36. The monoisotopic (exact) mass is 520 g/mol. The minimum absolute atomic E-state index is 0.0700. The molecule has 4 aromatic rings. The standard InChI is InChI=1S/C27H26F2N6O3/c1-16-20(14-33(2)32-16)21-10-22-19(11-31-21)13-35(27(36)34(22)12-17-5-7-30-8-6-17)26-24(28)18(15-37-3)9-23(38-4)25(26)29/h5-11,14H,12-13,15H2,1-4H3. The second kappa shape index (κ2) is 10.2. The van der Waals surface area contributed by atoms with E-state index >= 15 is 8.78 Å². The van der Waals surface area contributed by atoms with Crippen molar-refractivity contribution in [1.82, 2.24) is 19.7 Å². The second-order valence-electron chi connectivity index (χ2n) is 8.96. The molecule has 1 aromatic carbocycles. The van der Waals surface area contributed by atoms with Crippen LogP contribution in [0.1, 0.15) is 22.4 Å². The van der Waals surface area contributed by atoms with Crippen molar-refractivity contribution in [3.8, 4) is 17.0 Å². The number of aryl methyl sites for hydroxylation is 2. The lowest BCUT2D eigenvalue weighted by molar-refractivity contribution is 0.181. The fourth-order valence-corrected chi connectivity index (χ4v) is 4.63. The van der Waals surface area contributed by atoms with E-state index < -0.39 is 23.4 Å². The molecule has 0 unspecified atom stereocenters. The second-order valence-corrected chi connectivity index (χ2v) is 8.96. The van der Waals surface area contributed by atoms with Gasteiger partial charge < -0.3 is 9.47 Å². The van der Waals surface area contributed by atoms with Gasteiger partial charge in [0.15, 0.2) is 17.4 Å². The average Bonchev–Trinajstić information content (AvgIpc) is 3.26. The largest absolute Gasteiger partial charge is 0.494 e. The molecule has 5 rings (SSSR count). The topological polar surface area (TPSA) is 85.6 Å². The zero-order chi connectivity index (χ0) is 27.0. The van der Waals surface area contributed by atoms with Gasteiger partial charge in [0.05, 0.1) is 43.9 Å². The summed E-state index contributed by atoms with van der Waals surface area (Å²) in [6.07, 6.45) is 6.73. The van der Waals surface area contributed by atoms with Crippen LogP contribution in [0.5, 0.6) is 5.75 Å². The molecule has 4 heterocycles. The van der Waals surface area contributed by atoms with Crippen molar-refractivity contribution < 1.29 is 23.0 Å². The van der Waals surface area contributed by atoms with Crippen molar-refractivity contribution in [3.63, 3.8) is 0 Å². The van der Waals surface area contributed by atoms with E-state index in [0.717, 1.165) is 21.7 Å². The number of fused-ring (bicyclic) bond motifs is 1. The van der Waals surface area contributed by atoms with Crippen LogP contribution in [0.15, 0.2) is 49.1 Å². The van der Waals surface area contributed by atoms with Crippen molar-refractivity contribution in [2.45, 2.75) is 26.6 Å². The van der Waals surface area contributed by atoms with Crippen LogP contribution >= 0.6 is 0 Å². The van der Waals surface area contributed by atoms with E-state index in [1.807, 2.05) is 26.2 Å².